The van der Waals surface area contributed by atoms with E-state index in [1.807, 2.05) is 11.8 Å². The Bertz CT molecular complexity index is 341. The Balaban J connectivity index is 2.05. The number of nitrogens with zero attached hydrogens (tertiary/aromatic N) is 2. The molecule has 0 bridgehead atoms. The van der Waals surface area contributed by atoms with Gasteiger partial charge in [0.25, 0.3) is 5.91 Å². The zero-order valence-electron chi connectivity index (χ0n) is 10.0. The minimum absolute atomic E-state index is 0.0900. The number of nitrogens with one attached hydrogen (secondary N) is 2. The van der Waals surface area contributed by atoms with E-state index in [-0.39, 0.29) is 17.7 Å². The average Bonchev–Trinajstić information content (AvgIpc) is 2.74. The molecule has 1 rings (SSSR count). The van der Waals surface area contributed by atoms with E-state index < -0.39 is 0 Å². The van der Waals surface area contributed by atoms with Crippen molar-refractivity contribution in [1.29, 1.82) is 0 Å². The van der Waals surface area contributed by atoms with Gasteiger partial charge in [-0.2, -0.15) is 16.7 Å². The zero-order chi connectivity index (χ0) is 12.5. The van der Waals surface area contributed by atoms with Crippen LogP contribution in [0.2, 0.25) is 0 Å². The van der Waals surface area contributed by atoms with Crippen molar-refractivity contribution >= 4 is 23.6 Å². The van der Waals surface area contributed by atoms with E-state index in [0.29, 0.717) is 6.54 Å². The SMILES string of the molecule is CSCCCCCCNC(=O)c1nc(N)n[nH]1. The molecule has 0 radical (unpaired) electrons. The monoisotopic (exact) mass is 257 g/mol. The molecule has 0 spiro atoms. The first-order chi connectivity index (χ1) is 8.24. The first-order valence-corrected chi connectivity index (χ1v) is 7.08. The molecule has 0 unspecified atom stereocenters. The number of unbranched alkanes of at least 4 members (excludes halogenated alkanes) is 3. The van der Waals surface area contributed by atoms with Gasteiger partial charge in [0.1, 0.15) is 0 Å². The molecule has 96 valence electrons. The molecule has 0 aliphatic carbocycles. The largest absolute Gasteiger partial charge is 0.366 e. The van der Waals surface area contributed by atoms with E-state index in [1.165, 1.54) is 18.6 Å². The van der Waals surface area contributed by atoms with Crippen LogP contribution < -0.4 is 11.1 Å². The van der Waals surface area contributed by atoms with Gasteiger partial charge in [0.15, 0.2) is 0 Å². The van der Waals surface area contributed by atoms with Crippen LogP contribution in [0.15, 0.2) is 0 Å². The number of nitrogen functional groups attached to an aromatic ring is 1. The average molecular weight is 257 g/mol. The molecule has 0 aromatic carbocycles. The van der Waals surface area contributed by atoms with Crippen LogP contribution in [0.4, 0.5) is 5.95 Å². The number of aromatic nitrogens is 3. The summed E-state index contributed by atoms with van der Waals surface area (Å²) < 4.78 is 0. The first kappa shape index (κ1) is 13.8. The molecule has 7 heteroatoms. The second-order valence-corrected chi connectivity index (χ2v) is 4.69. The number of hydrogen-bond acceptors (Lipinski definition) is 5. The lowest BCUT2D eigenvalue weighted by molar-refractivity contribution is 0.0943. The maximum absolute atomic E-state index is 11.5. The highest BCUT2D eigenvalue weighted by atomic mass is 32.2. The lowest BCUT2D eigenvalue weighted by atomic mass is 10.2. The molecular formula is C10H19N5OS. The lowest BCUT2D eigenvalue weighted by Crippen LogP contribution is -2.25. The second kappa shape index (κ2) is 7.94. The maximum atomic E-state index is 11.5. The molecule has 1 aromatic heterocycles. The number of carbonyl (C=O) groups excluding carboxylic acids is 1. The standard InChI is InChI=1S/C10H19N5OS/c1-17-7-5-3-2-4-6-12-9(16)8-13-10(11)15-14-8/h2-7H2,1H3,(H,12,16)(H3,11,13,14,15). The molecule has 1 aromatic rings. The normalized spacial score (nSPS) is 10.4. The van der Waals surface area contributed by atoms with Gasteiger partial charge in [0.05, 0.1) is 0 Å². The lowest BCUT2D eigenvalue weighted by Gasteiger charge is -2.02. The minimum Gasteiger partial charge on any atom is -0.366 e. The fourth-order valence-corrected chi connectivity index (χ4v) is 1.88. The highest BCUT2D eigenvalue weighted by molar-refractivity contribution is 7.98. The Morgan fingerprint density at radius 3 is 2.82 bits per heavy atom. The van der Waals surface area contributed by atoms with Crippen LogP contribution in [0.25, 0.3) is 0 Å². The molecule has 1 amide bonds. The van der Waals surface area contributed by atoms with E-state index in [0.717, 1.165) is 12.8 Å². The number of hydrogen-bond donors (Lipinski definition) is 3. The van der Waals surface area contributed by atoms with Crippen LogP contribution in [0.3, 0.4) is 0 Å². The van der Waals surface area contributed by atoms with Crippen LogP contribution in [0.1, 0.15) is 36.3 Å². The summed E-state index contributed by atoms with van der Waals surface area (Å²) in [5, 5.41) is 8.84. The molecule has 6 nitrogen and oxygen atoms in total. The highest BCUT2D eigenvalue weighted by Crippen LogP contribution is 2.04. The topological polar surface area (TPSA) is 96.7 Å². The Hall–Kier alpha value is -1.24. The quantitative estimate of drug-likeness (QED) is 0.605. The van der Waals surface area contributed by atoms with Gasteiger partial charge in [-0.1, -0.05) is 12.8 Å². The van der Waals surface area contributed by atoms with Gasteiger partial charge in [0, 0.05) is 6.54 Å². The molecule has 0 fully saturated rings. The summed E-state index contributed by atoms with van der Waals surface area (Å²) in [5.41, 5.74) is 5.30. The molecular weight excluding hydrogens is 238 g/mol. The molecule has 1 heterocycles. The first-order valence-electron chi connectivity index (χ1n) is 5.69. The van der Waals surface area contributed by atoms with Gasteiger partial charge >= 0.3 is 0 Å². The van der Waals surface area contributed by atoms with Gasteiger partial charge in [-0.15, -0.1) is 5.10 Å². The molecule has 0 atom stereocenters. The Morgan fingerprint density at radius 1 is 1.41 bits per heavy atom. The number of thioether (sulfide) groups is 1. The summed E-state index contributed by atoms with van der Waals surface area (Å²) in [4.78, 5) is 15.2. The summed E-state index contributed by atoms with van der Waals surface area (Å²) in [7, 11) is 0. The van der Waals surface area contributed by atoms with Gasteiger partial charge in [-0.05, 0) is 24.9 Å². The molecule has 0 saturated heterocycles. The summed E-state index contributed by atoms with van der Waals surface area (Å²) in [6.07, 6.45) is 6.70. The third-order valence-corrected chi connectivity index (χ3v) is 2.98. The summed E-state index contributed by atoms with van der Waals surface area (Å²) in [6, 6.07) is 0. The van der Waals surface area contributed by atoms with Crippen LogP contribution in [0, 0.1) is 0 Å². The van der Waals surface area contributed by atoms with Crippen molar-refractivity contribution in [2.75, 3.05) is 24.3 Å². The van der Waals surface area contributed by atoms with E-state index in [1.54, 1.807) is 0 Å². The van der Waals surface area contributed by atoms with Crippen LogP contribution in [-0.4, -0.2) is 39.6 Å². The van der Waals surface area contributed by atoms with Crippen molar-refractivity contribution in [1.82, 2.24) is 20.5 Å². The van der Waals surface area contributed by atoms with Crippen LogP contribution in [-0.2, 0) is 0 Å². The minimum atomic E-state index is -0.252. The van der Waals surface area contributed by atoms with Crippen molar-refractivity contribution in [3.05, 3.63) is 5.82 Å². The predicted molar refractivity (Wildman–Crippen MR) is 70.0 cm³/mol. The van der Waals surface area contributed by atoms with Crippen molar-refractivity contribution in [3.8, 4) is 0 Å². The molecule has 0 aliphatic rings. The van der Waals surface area contributed by atoms with Crippen molar-refractivity contribution < 1.29 is 4.79 Å². The van der Waals surface area contributed by atoms with Crippen LogP contribution >= 0.6 is 11.8 Å². The van der Waals surface area contributed by atoms with Crippen molar-refractivity contribution in [2.45, 2.75) is 25.7 Å². The molecule has 0 aliphatic heterocycles. The molecule has 0 saturated carbocycles. The fourth-order valence-electron chi connectivity index (χ4n) is 1.39. The third kappa shape index (κ3) is 5.58. The van der Waals surface area contributed by atoms with E-state index in [4.69, 9.17) is 5.73 Å². The number of nitrogens with two attached hydrogens (primary N) is 1. The summed E-state index contributed by atoms with van der Waals surface area (Å²) in [6.45, 7) is 0.665. The van der Waals surface area contributed by atoms with Crippen LogP contribution in [0.5, 0.6) is 0 Å². The number of anilines is 1. The summed E-state index contributed by atoms with van der Waals surface area (Å²) in [5.74, 6) is 1.22. The zero-order valence-corrected chi connectivity index (χ0v) is 10.8. The van der Waals surface area contributed by atoms with Gasteiger partial charge < -0.3 is 11.1 Å². The second-order valence-electron chi connectivity index (χ2n) is 3.71. The van der Waals surface area contributed by atoms with Crippen molar-refractivity contribution in [2.24, 2.45) is 0 Å². The highest BCUT2D eigenvalue weighted by Gasteiger charge is 2.08. The number of carbonyl (C=O) groups is 1. The summed E-state index contributed by atoms with van der Waals surface area (Å²) >= 11 is 1.87. The number of H-pyrrole nitrogens is 1. The van der Waals surface area contributed by atoms with E-state index >= 15 is 0 Å². The third-order valence-electron chi connectivity index (χ3n) is 2.28. The van der Waals surface area contributed by atoms with E-state index in [9.17, 15) is 4.79 Å². The Labute approximate surface area is 105 Å². The fraction of sp³-hybridized carbons (Fsp3) is 0.700. The number of rotatable bonds is 8. The predicted octanol–water partition coefficient (Wildman–Crippen LogP) is 1.04. The Morgan fingerprint density at radius 2 is 2.18 bits per heavy atom. The van der Waals surface area contributed by atoms with E-state index in [2.05, 4.69) is 26.8 Å². The van der Waals surface area contributed by atoms with Crippen molar-refractivity contribution in [3.63, 3.8) is 0 Å². The molecule has 4 N–H and O–H groups in total. The number of aromatic amines is 1. The van der Waals surface area contributed by atoms with Gasteiger partial charge in [0.2, 0.25) is 11.8 Å². The smallest absolute Gasteiger partial charge is 0.288 e. The Kier molecular flexibility index (Phi) is 6.46. The number of amides is 1. The maximum Gasteiger partial charge on any atom is 0.288 e. The van der Waals surface area contributed by atoms with Gasteiger partial charge in [-0.3, -0.25) is 9.89 Å². The van der Waals surface area contributed by atoms with Gasteiger partial charge in [-0.25, -0.2) is 0 Å². The molecule has 17 heavy (non-hydrogen) atoms.